The summed E-state index contributed by atoms with van der Waals surface area (Å²) >= 11 is 0. The van der Waals surface area contributed by atoms with Crippen molar-refractivity contribution in [3.05, 3.63) is 29.5 Å². The molecule has 0 radical (unpaired) electrons. The highest BCUT2D eigenvalue weighted by Crippen LogP contribution is 2.37. The lowest BCUT2D eigenvalue weighted by molar-refractivity contribution is 0.416. The molecule has 102 valence electrons. The van der Waals surface area contributed by atoms with Crippen LogP contribution in [0, 0.1) is 6.92 Å². The van der Waals surface area contributed by atoms with E-state index in [4.69, 9.17) is 15.0 Å². The molecule has 0 saturated heterocycles. The van der Waals surface area contributed by atoms with Crippen molar-refractivity contribution in [1.82, 2.24) is 5.16 Å². The molecule has 0 aliphatic rings. The summed E-state index contributed by atoms with van der Waals surface area (Å²) in [6.45, 7) is 4.19. The molecule has 0 aliphatic heterocycles. The van der Waals surface area contributed by atoms with E-state index in [1.807, 2.05) is 19.1 Å². The van der Waals surface area contributed by atoms with Crippen LogP contribution in [0.15, 0.2) is 22.7 Å². The van der Waals surface area contributed by atoms with Crippen molar-refractivity contribution in [1.29, 1.82) is 0 Å². The van der Waals surface area contributed by atoms with E-state index in [1.54, 1.807) is 7.11 Å². The van der Waals surface area contributed by atoms with E-state index in [-0.39, 0.29) is 0 Å². The lowest BCUT2D eigenvalue weighted by atomic mass is 10.00. The maximum atomic E-state index is 5.93. The van der Waals surface area contributed by atoms with Crippen molar-refractivity contribution < 1.29 is 9.26 Å². The number of aromatic nitrogens is 1. The van der Waals surface area contributed by atoms with Gasteiger partial charge in [0.2, 0.25) is 5.88 Å². The molecule has 4 nitrogen and oxygen atoms in total. The zero-order chi connectivity index (χ0) is 13.8. The Bertz CT molecular complexity index is 561. The normalized spacial score (nSPS) is 10.7. The monoisotopic (exact) mass is 260 g/mol. The topological polar surface area (TPSA) is 61.3 Å². The fourth-order valence-electron chi connectivity index (χ4n) is 2.16. The molecule has 2 rings (SSSR count). The average Bonchev–Trinajstić information content (AvgIpc) is 2.77. The maximum Gasteiger partial charge on any atom is 0.230 e. The van der Waals surface area contributed by atoms with Gasteiger partial charge >= 0.3 is 0 Å². The number of aryl methyl sites for hydroxylation is 2. The molecule has 0 amide bonds. The number of methoxy groups -OCH3 is 1. The predicted octanol–water partition coefficient (Wildman–Crippen LogP) is 3.58. The van der Waals surface area contributed by atoms with E-state index < -0.39 is 0 Å². The third-order valence-corrected chi connectivity index (χ3v) is 3.18. The van der Waals surface area contributed by atoms with Crippen molar-refractivity contribution in [2.75, 3.05) is 12.8 Å². The summed E-state index contributed by atoms with van der Waals surface area (Å²) in [5.41, 5.74) is 9.81. The summed E-state index contributed by atoms with van der Waals surface area (Å²) in [7, 11) is 1.66. The van der Waals surface area contributed by atoms with Gasteiger partial charge in [0.1, 0.15) is 5.75 Å². The predicted molar refractivity (Wildman–Crippen MR) is 76.3 cm³/mol. The molecule has 0 bridgehead atoms. The van der Waals surface area contributed by atoms with Gasteiger partial charge in [0, 0.05) is 5.56 Å². The highest BCUT2D eigenvalue weighted by molar-refractivity contribution is 5.80. The number of benzene rings is 1. The number of hydrogen-bond donors (Lipinski definition) is 1. The van der Waals surface area contributed by atoms with Crippen molar-refractivity contribution >= 4 is 5.88 Å². The minimum absolute atomic E-state index is 0.356. The summed E-state index contributed by atoms with van der Waals surface area (Å²) in [6.07, 6.45) is 3.04. The number of rotatable bonds is 5. The SMILES string of the molecule is CCCCc1noc(N)c1-c1cc(C)ccc1OC. The zero-order valence-corrected chi connectivity index (χ0v) is 11.7. The fraction of sp³-hybridized carbons (Fsp3) is 0.400. The van der Waals surface area contributed by atoms with Crippen LogP contribution in [0.2, 0.25) is 0 Å². The summed E-state index contributed by atoms with van der Waals surface area (Å²) in [5.74, 6) is 1.15. The van der Waals surface area contributed by atoms with Gasteiger partial charge in [0.15, 0.2) is 0 Å². The summed E-state index contributed by atoms with van der Waals surface area (Å²) in [6, 6.07) is 6.01. The van der Waals surface area contributed by atoms with E-state index in [2.05, 4.69) is 18.1 Å². The fourth-order valence-corrected chi connectivity index (χ4v) is 2.16. The number of unbranched alkanes of at least 4 members (excludes halogenated alkanes) is 1. The second kappa shape index (κ2) is 5.78. The molecule has 0 fully saturated rings. The lowest BCUT2D eigenvalue weighted by Gasteiger charge is -2.09. The molecule has 0 aliphatic carbocycles. The summed E-state index contributed by atoms with van der Waals surface area (Å²) in [5, 5.41) is 4.08. The number of hydrogen-bond acceptors (Lipinski definition) is 4. The molecule has 1 heterocycles. The molecule has 0 unspecified atom stereocenters. The molecule has 4 heteroatoms. The Hall–Kier alpha value is -1.97. The van der Waals surface area contributed by atoms with Crippen LogP contribution in [0.5, 0.6) is 5.75 Å². The second-order valence-corrected chi connectivity index (χ2v) is 4.68. The first-order chi connectivity index (χ1) is 9.17. The Labute approximate surface area is 113 Å². The molecule has 0 spiro atoms. The quantitative estimate of drug-likeness (QED) is 0.892. The molecule has 1 aromatic heterocycles. The Morgan fingerprint density at radius 2 is 2.16 bits per heavy atom. The van der Waals surface area contributed by atoms with Crippen LogP contribution in [0.4, 0.5) is 5.88 Å². The number of nitrogen functional groups attached to an aromatic ring is 1. The van der Waals surface area contributed by atoms with Crippen molar-refractivity contribution in [3.8, 4) is 16.9 Å². The van der Waals surface area contributed by atoms with Gasteiger partial charge in [-0.05, 0) is 31.9 Å². The maximum absolute atomic E-state index is 5.93. The van der Waals surface area contributed by atoms with Gasteiger partial charge in [-0.15, -0.1) is 0 Å². The molecular weight excluding hydrogens is 240 g/mol. The summed E-state index contributed by atoms with van der Waals surface area (Å²) < 4.78 is 10.6. The van der Waals surface area contributed by atoms with Gasteiger partial charge in [0.25, 0.3) is 0 Å². The van der Waals surface area contributed by atoms with Crippen LogP contribution in [0.1, 0.15) is 31.0 Å². The number of nitrogens with two attached hydrogens (primary N) is 1. The van der Waals surface area contributed by atoms with Crippen molar-refractivity contribution in [3.63, 3.8) is 0 Å². The lowest BCUT2D eigenvalue weighted by Crippen LogP contribution is -1.95. The third kappa shape index (κ3) is 2.72. The van der Waals surface area contributed by atoms with Gasteiger partial charge in [-0.25, -0.2) is 0 Å². The highest BCUT2D eigenvalue weighted by Gasteiger charge is 2.18. The Balaban J connectivity index is 2.51. The van der Waals surface area contributed by atoms with E-state index in [9.17, 15) is 0 Å². The molecule has 0 saturated carbocycles. The minimum atomic E-state index is 0.356. The number of ether oxygens (including phenoxy) is 1. The van der Waals surface area contributed by atoms with Crippen LogP contribution < -0.4 is 10.5 Å². The van der Waals surface area contributed by atoms with Gasteiger partial charge < -0.3 is 15.0 Å². The van der Waals surface area contributed by atoms with Gasteiger partial charge in [-0.2, -0.15) is 0 Å². The summed E-state index contributed by atoms with van der Waals surface area (Å²) in [4.78, 5) is 0. The first kappa shape index (κ1) is 13.5. The smallest absolute Gasteiger partial charge is 0.230 e. The van der Waals surface area contributed by atoms with Gasteiger partial charge in [0.05, 0.1) is 18.4 Å². The Kier molecular flexibility index (Phi) is 4.10. The molecular formula is C15H20N2O2. The van der Waals surface area contributed by atoms with E-state index in [1.165, 1.54) is 0 Å². The Morgan fingerprint density at radius 1 is 1.37 bits per heavy atom. The second-order valence-electron chi connectivity index (χ2n) is 4.68. The van der Waals surface area contributed by atoms with Crippen LogP contribution in [-0.2, 0) is 6.42 Å². The molecule has 2 N–H and O–H groups in total. The van der Waals surface area contributed by atoms with Crippen molar-refractivity contribution in [2.24, 2.45) is 0 Å². The standard InChI is InChI=1S/C15H20N2O2/c1-4-5-6-12-14(15(16)19-17-12)11-9-10(2)7-8-13(11)18-3/h7-9H,4-6,16H2,1-3H3. The van der Waals surface area contributed by atoms with Crippen LogP contribution >= 0.6 is 0 Å². The molecule has 0 atom stereocenters. The Morgan fingerprint density at radius 3 is 2.84 bits per heavy atom. The molecule has 19 heavy (non-hydrogen) atoms. The first-order valence-electron chi connectivity index (χ1n) is 6.56. The largest absolute Gasteiger partial charge is 0.496 e. The van der Waals surface area contributed by atoms with Crippen LogP contribution in [-0.4, -0.2) is 12.3 Å². The van der Waals surface area contributed by atoms with Gasteiger partial charge in [-0.3, -0.25) is 0 Å². The zero-order valence-electron chi connectivity index (χ0n) is 11.7. The molecule has 1 aromatic carbocycles. The van der Waals surface area contributed by atoms with E-state index in [0.29, 0.717) is 5.88 Å². The average molecular weight is 260 g/mol. The van der Waals surface area contributed by atoms with Crippen molar-refractivity contribution in [2.45, 2.75) is 33.1 Å². The van der Waals surface area contributed by atoms with Crippen LogP contribution in [0.3, 0.4) is 0 Å². The minimum Gasteiger partial charge on any atom is -0.496 e. The van der Waals surface area contributed by atoms with E-state index >= 15 is 0 Å². The number of nitrogens with zero attached hydrogens (tertiary/aromatic N) is 1. The van der Waals surface area contributed by atoms with Crippen LogP contribution in [0.25, 0.3) is 11.1 Å². The first-order valence-corrected chi connectivity index (χ1v) is 6.56. The van der Waals surface area contributed by atoms with E-state index in [0.717, 1.165) is 47.4 Å². The third-order valence-electron chi connectivity index (χ3n) is 3.18. The highest BCUT2D eigenvalue weighted by atomic mass is 16.5. The molecule has 2 aromatic rings. The number of anilines is 1. The van der Waals surface area contributed by atoms with Gasteiger partial charge in [-0.1, -0.05) is 30.1 Å².